The molecular formula is C18H25FN4O2S2. The molecule has 0 saturated carbocycles. The molecule has 0 unspecified atom stereocenters. The molecule has 2 N–H and O–H groups in total. The molecule has 0 radical (unpaired) electrons. The summed E-state index contributed by atoms with van der Waals surface area (Å²) < 4.78 is 41.8. The Hall–Kier alpha value is -1.71. The summed E-state index contributed by atoms with van der Waals surface area (Å²) in [6.45, 7) is 10.2. The number of likely N-dealkylation sites (tertiary alicyclic amines) is 1. The van der Waals surface area contributed by atoms with Gasteiger partial charge < -0.3 is 5.32 Å². The van der Waals surface area contributed by atoms with Crippen molar-refractivity contribution in [3.63, 3.8) is 0 Å². The van der Waals surface area contributed by atoms with Crippen molar-refractivity contribution >= 4 is 32.9 Å². The van der Waals surface area contributed by atoms with Crippen LogP contribution in [0, 0.1) is 12.7 Å². The van der Waals surface area contributed by atoms with E-state index in [1.54, 1.807) is 12.3 Å². The van der Waals surface area contributed by atoms with Gasteiger partial charge in [0, 0.05) is 35.7 Å². The molecule has 2 heterocycles. The first-order valence-corrected chi connectivity index (χ1v) is 11.2. The first kappa shape index (κ1) is 20.0. The average Bonchev–Trinajstić information content (AvgIpc) is 3.21. The molecule has 1 aliphatic heterocycles. The highest BCUT2D eigenvalue weighted by Gasteiger charge is 2.30. The summed E-state index contributed by atoms with van der Waals surface area (Å²) in [5, 5.41) is 4.92. The molecule has 1 saturated heterocycles. The second-order valence-corrected chi connectivity index (χ2v) is 10.2. The third-order valence-corrected chi connectivity index (χ3v) is 6.69. The summed E-state index contributed by atoms with van der Waals surface area (Å²) in [5.74, 6) is -0.594. The zero-order chi connectivity index (χ0) is 19.8. The van der Waals surface area contributed by atoms with Crippen LogP contribution in [0.1, 0.15) is 32.8 Å². The van der Waals surface area contributed by atoms with Crippen molar-refractivity contribution in [3.8, 4) is 0 Å². The van der Waals surface area contributed by atoms with Gasteiger partial charge in [-0.1, -0.05) is 0 Å². The Balaban J connectivity index is 1.77. The summed E-state index contributed by atoms with van der Waals surface area (Å²) in [4.78, 5) is 5.89. The fourth-order valence-electron chi connectivity index (χ4n) is 3.18. The number of thiazole rings is 1. The molecule has 1 atom stereocenters. The zero-order valence-electron chi connectivity index (χ0n) is 15.9. The maximum atomic E-state index is 14.6. The van der Waals surface area contributed by atoms with Crippen LogP contribution < -0.4 is 10.0 Å². The number of anilines is 2. The Morgan fingerprint density at radius 1 is 1.33 bits per heavy atom. The minimum absolute atomic E-state index is 0.0933. The lowest BCUT2D eigenvalue weighted by Gasteiger charge is -2.31. The Bertz CT molecular complexity index is 908. The predicted molar refractivity (Wildman–Crippen MR) is 107 cm³/mol. The largest absolute Gasteiger partial charge is 0.381 e. The molecule has 0 bridgehead atoms. The Labute approximate surface area is 163 Å². The molecule has 1 aromatic heterocycles. The van der Waals surface area contributed by atoms with Gasteiger partial charge in [-0.05, 0) is 51.8 Å². The van der Waals surface area contributed by atoms with Crippen molar-refractivity contribution < 1.29 is 12.8 Å². The van der Waals surface area contributed by atoms with Crippen LogP contribution in [0.2, 0.25) is 0 Å². The van der Waals surface area contributed by atoms with Crippen molar-refractivity contribution in [2.24, 2.45) is 0 Å². The maximum Gasteiger partial charge on any atom is 0.266 e. The molecule has 1 fully saturated rings. The molecule has 9 heteroatoms. The number of halogens is 1. The molecule has 1 aliphatic rings. The van der Waals surface area contributed by atoms with Crippen molar-refractivity contribution in [2.75, 3.05) is 23.1 Å². The van der Waals surface area contributed by atoms with Gasteiger partial charge in [-0.2, -0.15) is 0 Å². The lowest BCUT2D eigenvalue weighted by Crippen LogP contribution is -2.40. The van der Waals surface area contributed by atoms with Crippen LogP contribution in [0.3, 0.4) is 0 Å². The molecule has 0 spiro atoms. The van der Waals surface area contributed by atoms with Gasteiger partial charge in [0.05, 0.1) is 5.51 Å². The first-order chi connectivity index (χ1) is 12.6. The summed E-state index contributed by atoms with van der Waals surface area (Å²) in [5.41, 5.74) is 2.91. The van der Waals surface area contributed by atoms with Crippen LogP contribution in [-0.2, 0) is 10.0 Å². The van der Waals surface area contributed by atoms with Crippen LogP contribution in [0.15, 0.2) is 27.9 Å². The van der Waals surface area contributed by atoms with E-state index < -0.39 is 15.8 Å². The number of aryl methyl sites for hydroxylation is 1. The summed E-state index contributed by atoms with van der Waals surface area (Å²) >= 11 is 1.26. The molecule has 0 amide bonds. The number of sulfonamides is 1. The second-order valence-electron chi connectivity index (χ2n) is 7.82. The fraction of sp³-hybridized carbons (Fsp3) is 0.500. The number of nitrogens with zero attached hydrogens (tertiary/aromatic N) is 2. The van der Waals surface area contributed by atoms with E-state index in [-0.39, 0.29) is 22.3 Å². The van der Waals surface area contributed by atoms with Crippen molar-refractivity contribution in [1.29, 1.82) is 0 Å². The molecular weight excluding hydrogens is 387 g/mol. The summed E-state index contributed by atoms with van der Waals surface area (Å²) in [7, 11) is -4.03. The van der Waals surface area contributed by atoms with Gasteiger partial charge in [0.1, 0.15) is 10.7 Å². The lowest BCUT2D eigenvalue weighted by molar-refractivity contribution is 0.174. The Morgan fingerprint density at radius 2 is 2.07 bits per heavy atom. The van der Waals surface area contributed by atoms with E-state index in [2.05, 4.69) is 40.7 Å². The van der Waals surface area contributed by atoms with E-state index in [0.29, 0.717) is 11.3 Å². The van der Waals surface area contributed by atoms with E-state index in [9.17, 15) is 12.8 Å². The third kappa shape index (κ3) is 4.59. The Kier molecular flexibility index (Phi) is 5.47. The number of hydrogen-bond acceptors (Lipinski definition) is 6. The van der Waals surface area contributed by atoms with Crippen molar-refractivity contribution in [2.45, 2.75) is 50.6 Å². The van der Waals surface area contributed by atoms with Gasteiger partial charge in [0.15, 0.2) is 5.82 Å². The topological polar surface area (TPSA) is 74.3 Å². The highest BCUT2D eigenvalue weighted by Crippen LogP contribution is 2.28. The van der Waals surface area contributed by atoms with Gasteiger partial charge >= 0.3 is 0 Å². The lowest BCUT2D eigenvalue weighted by atomic mass is 10.1. The normalized spacial score (nSPS) is 18.6. The molecule has 1 aromatic carbocycles. The van der Waals surface area contributed by atoms with Gasteiger partial charge in [-0.3, -0.25) is 9.62 Å². The van der Waals surface area contributed by atoms with E-state index >= 15 is 0 Å². The zero-order valence-corrected chi connectivity index (χ0v) is 17.5. The molecule has 27 heavy (non-hydrogen) atoms. The maximum absolute atomic E-state index is 14.6. The predicted octanol–water partition coefficient (Wildman–Crippen LogP) is 3.68. The number of nitrogens with one attached hydrogen (secondary N) is 2. The van der Waals surface area contributed by atoms with E-state index in [0.717, 1.165) is 19.5 Å². The van der Waals surface area contributed by atoms with Gasteiger partial charge in [0.2, 0.25) is 0 Å². The third-order valence-electron chi connectivity index (χ3n) is 4.74. The fourth-order valence-corrected chi connectivity index (χ4v) is 4.88. The molecule has 6 nitrogen and oxygen atoms in total. The van der Waals surface area contributed by atoms with Crippen molar-refractivity contribution in [3.05, 3.63) is 34.4 Å². The van der Waals surface area contributed by atoms with E-state index in [4.69, 9.17) is 0 Å². The highest BCUT2D eigenvalue weighted by molar-refractivity contribution is 7.92. The van der Waals surface area contributed by atoms with Gasteiger partial charge in [0.25, 0.3) is 10.0 Å². The summed E-state index contributed by atoms with van der Waals surface area (Å²) in [6.07, 6.45) is 0.962. The van der Waals surface area contributed by atoms with Crippen LogP contribution >= 0.6 is 11.3 Å². The minimum Gasteiger partial charge on any atom is -0.381 e. The number of benzene rings is 1. The number of hydrogen-bond donors (Lipinski definition) is 2. The highest BCUT2D eigenvalue weighted by atomic mass is 32.2. The quantitative estimate of drug-likeness (QED) is 0.784. The first-order valence-electron chi connectivity index (χ1n) is 8.79. The monoisotopic (exact) mass is 412 g/mol. The molecule has 0 aliphatic carbocycles. The molecule has 2 aromatic rings. The van der Waals surface area contributed by atoms with Crippen LogP contribution in [0.25, 0.3) is 0 Å². The van der Waals surface area contributed by atoms with Crippen LogP contribution in [-0.4, -0.2) is 43.0 Å². The van der Waals surface area contributed by atoms with Crippen LogP contribution in [0.4, 0.5) is 15.9 Å². The SMILES string of the molecule is Cc1cc(S(=O)(=O)Nc2cscn2)c(F)cc1N[C@H]1CCN(C(C)(C)C)C1. The van der Waals surface area contributed by atoms with Gasteiger partial charge in [-0.25, -0.2) is 17.8 Å². The van der Waals surface area contributed by atoms with E-state index in [1.807, 2.05) is 0 Å². The number of aromatic nitrogens is 1. The molecule has 3 rings (SSSR count). The second kappa shape index (κ2) is 7.37. The molecule has 148 valence electrons. The van der Waals surface area contributed by atoms with Crippen molar-refractivity contribution in [1.82, 2.24) is 9.88 Å². The summed E-state index contributed by atoms with van der Waals surface area (Å²) in [6, 6.07) is 2.84. The number of rotatable bonds is 5. The Morgan fingerprint density at radius 3 is 2.67 bits per heavy atom. The van der Waals surface area contributed by atoms with Gasteiger partial charge in [-0.15, -0.1) is 11.3 Å². The minimum atomic E-state index is -4.03. The van der Waals surface area contributed by atoms with Crippen LogP contribution in [0.5, 0.6) is 0 Å². The standard InChI is InChI=1S/C18H25FN4O2S2/c1-12-7-16(27(24,25)22-17-10-26-11-20-17)14(19)8-15(12)21-13-5-6-23(9-13)18(2,3)4/h7-8,10-11,13,21-22H,5-6,9H2,1-4H3/t13-/m0/s1. The van der Waals surface area contributed by atoms with E-state index in [1.165, 1.54) is 29.0 Å². The average molecular weight is 413 g/mol. The smallest absolute Gasteiger partial charge is 0.266 e.